The van der Waals surface area contributed by atoms with Crippen LogP contribution in [0.2, 0.25) is 0 Å². The van der Waals surface area contributed by atoms with Gasteiger partial charge in [0.25, 0.3) is 0 Å². The van der Waals surface area contributed by atoms with Gasteiger partial charge in [0.05, 0.1) is 5.75 Å². The highest BCUT2D eigenvalue weighted by Crippen LogP contribution is 2.25. The van der Waals surface area contributed by atoms with Crippen molar-refractivity contribution in [1.29, 1.82) is 0 Å². The number of ether oxygens (including phenoxy) is 1. The van der Waals surface area contributed by atoms with Crippen LogP contribution in [0.25, 0.3) is 0 Å². The van der Waals surface area contributed by atoms with Crippen LogP contribution in [0.4, 0.5) is 0 Å². The fraction of sp³-hybridized carbons (Fsp3) is 0.100. The summed E-state index contributed by atoms with van der Waals surface area (Å²) in [5, 5.41) is 0. The lowest BCUT2D eigenvalue weighted by molar-refractivity contribution is 0.468. The smallest absolute Gasteiger partial charge is 0.309 e. The van der Waals surface area contributed by atoms with E-state index in [1.807, 2.05) is 60.7 Å². The molecular formula is C20H18O4S. The van der Waals surface area contributed by atoms with Gasteiger partial charge in [-0.1, -0.05) is 54.6 Å². The molecule has 0 atom stereocenters. The minimum Gasteiger partial charge on any atom is -0.457 e. The Morgan fingerprint density at radius 2 is 1.28 bits per heavy atom. The van der Waals surface area contributed by atoms with E-state index in [4.69, 9.17) is 8.92 Å². The second-order valence-electron chi connectivity index (χ2n) is 5.47. The summed E-state index contributed by atoms with van der Waals surface area (Å²) in [6, 6.07) is 25.3. The van der Waals surface area contributed by atoms with Crippen molar-refractivity contribution in [3.63, 3.8) is 0 Å². The van der Waals surface area contributed by atoms with Crippen LogP contribution in [0.5, 0.6) is 17.2 Å². The number of benzene rings is 3. The minimum absolute atomic E-state index is 0.0826. The molecule has 3 aromatic rings. The molecule has 0 aliphatic carbocycles. The summed E-state index contributed by atoms with van der Waals surface area (Å²) in [4.78, 5) is 0. The first-order valence-electron chi connectivity index (χ1n) is 7.90. The topological polar surface area (TPSA) is 52.6 Å². The molecule has 25 heavy (non-hydrogen) atoms. The van der Waals surface area contributed by atoms with Crippen LogP contribution >= 0.6 is 0 Å². The largest absolute Gasteiger partial charge is 0.457 e. The lowest BCUT2D eigenvalue weighted by Crippen LogP contribution is -2.15. The highest BCUT2D eigenvalue weighted by molar-refractivity contribution is 7.87. The molecule has 0 N–H and O–H groups in total. The van der Waals surface area contributed by atoms with E-state index in [0.29, 0.717) is 17.9 Å². The van der Waals surface area contributed by atoms with E-state index in [-0.39, 0.29) is 11.5 Å². The van der Waals surface area contributed by atoms with E-state index in [1.165, 1.54) is 0 Å². The first-order valence-corrected chi connectivity index (χ1v) is 9.47. The first kappa shape index (κ1) is 17.0. The Kier molecular flexibility index (Phi) is 5.36. The number of para-hydroxylation sites is 1. The molecule has 0 unspecified atom stereocenters. The van der Waals surface area contributed by atoms with Gasteiger partial charge < -0.3 is 8.92 Å². The molecule has 0 aliphatic heterocycles. The summed E-state index contributed by atoms with van der Waals surface area (Å²) in [5.74, 6) is 1.34. The minimum atomic E-state index is -3.68. The Morgan fingerprint density at radius 1 is 0.680 bits per heavy atom. The fourth-order valence-corrected chi connectivity index (χ4v) is 3.26. The predicted octanol–water partition coefficient (Wildman–Crippen LogP) is 4.43. The summed E-state index contributed by atoms with van der Waals surface area (Å²) in [5.41, 5.74) is 0.954. The maximum absolute atomic E-state index is 12.2. The molecule has 3 aromatic carbocycles. The molecule has 3 rings (SSSR count). The van der Waals surface area contributed by atoms with E-state index in [9.17, 15) is 8.42 Å². The summed E-state index contributed by atoms with van der Waals surface area (Å²) in [6.45, 7) is 0. The zero-order chi connectivity index (χ0) is 17.5. The van der Waals surface area contributed by atoms with Crippen molar-refractivity contribution in [2.24, 2.45) is 0 Å². The second-order valence-corrected chi connectivity index (χ2v) is 7.16. The van der Waals surface area contributed by atoms with Gasteiger partial charge in [-0.25, -0.2) is 0 Å². The molecule has 128 valence electrons. The number of aryl methyl sites for hydroxylation is 1. The molecule has 0 radical (unpaired) electrons. The van der Waals surface area contributed by atoms with Crippen LogP contribution in [-0.2, 0) is 16.5 Å². The molecule has 0 saturated carbocycles. The standard InChI is InChI=1S/C20H18O4S/c21-25(22,15-14-17-8-3-1-4-9-17)24-20-13-7-12-19(16-20)23-18-10-5-2-6-11-18/h1-13,16H,14-15H2. The Morgan fingerprint density at radius 3 is 2.00 bits per heavy atom. The van der Waals surface area contributed by atoms with E-state index in [0.717, 1.165) is 5.56 Å². The summed E-state index contributed by atoms with van der Waals surface area (Å²) >= 11 is 0. The van der Waals surface area contributed by atoms with Gasteiger partial charge in [-0.2, -0.15) is 8.42 Å². The van der Waals surface area contributed by atoms with Crippen LogP contribution in [0.1, 0.15) is 5.56 Å². The lowest BCUT2D eigenvalue weighted by Gasteiger charge is -2.09. The monoisotopic (exact) mass is 354 g/mol. The molecule has 0 heterocycles. The Hall–Kier alpha value is -2.79. The maximum atomic E-state index is 12.2. The molecule has 5 heteroatoms. The van der Waals surface area contributed by atoms with E-state index >= 15 is 0 Å². The highest BCUT2D eigenvalue weighted by atomic mass is 32.2. The van der Waals surface area contributed by atoms with E-state index in [1.54, 1.807) is 24.3 Å². The van der Waals surface area contributed by atoms with Gasteiger partial charge in [-0.15, -0.1) is 0 Å². The molecule has 0 saturated heterocycles. The third-order valence-electron chi connectivity index (χ3n) is 3.49. The summed E-state index contributed by atoms with van der Waals surface area (Å²) < 4.78 is 35.2. The van der Waals surface area contributed by atoms with Crippen molar-refractivity contribution in [3.05, 3.63) is 90.5 Å². The SMILES string of the molecule is O=S(=O)(CCc1ccccc1)Oc1cccc(Oc2ccccc2)c1. The lowest BCUT2D eigenvalue weighted by atomic mass is 10.2. The molecule has 0 aromatic heterocycles. The van der Waals surface area contributed by atoms with Crippen LogP contribution < -0.4 is 8.92 Å². The van der Waals surface area contributed by atoms with Gasteiger partial charge in [-0.05, 0) is 36.2 Å². The highest BCUT2D eigenvalue weighted by Gasteiger charge is 2.13. The quantitative estimate of drug-likeness (QED) is 0.589. The molecule has 0 bridgehead atoms. The van der Waals surface area contributed by atoms with Gasteiger partial charge in [0.15, 0.2) is 0 Å². The average Bonchev–Trinajstić information content (AvgIpc) is 2.62. The van der Waals surface area contributed by atoms with Crippen molar-refractivity contribution < 1.29 is 17.3 Å². The van der Waals surface area contributed by atoms with Crippen LogP contribution in [0, 0.1) is 0 Å². The van der Waals surface area contributed by atoms with Gasteiger partial charge >= 0.3 is 10.1 Å². The summed E-state index contributed by atoms with van der Waals surface area (Å²) in [7, 11) is -3.68. The van der Waals surface area contributed by atoms with E-state index in [2.05, 4.69) is 0 Å². The van der Waals surface area contributed by atoms with Crippen molar-refractivity contribution >= 4 is 10.1 Å². The molecule has 0 amide bonds. The van der Waals surface area contributed by atoms with Crippen LogP contribution in [-0.4, -0.2) is 14.2 Å². The normalized spacial score (nSPS) is 11.0. The van der Waals surface area contributed by atoms with Crippen molar-refractivity contribution in [1.82, 2.24) is 0 Å². The van der Waals surface area contributed by atoms with Crippen molar-refractivity contribution in [2.75, 3.05) is 5.75 Å². The van der Waals surface area contributed by atoms with E-state index < -0.39 is 10.1 Å². The molecule has 0 aliphatic rings. The second kappa shape index (κ2) is 7.85. The molecule has 4 nitrogen and oxygen atoms in total. The number of hydrogen-bond acceptors (Lipinski definition) is 4. The summed E-state index contributed by atoms with van der Waals surface area (Å²) in [6.07, 6.45) is 0.406. The Bertz CT molecular complexity index is 907. The van der Waals surface area contributed by atoms with Crippen molar-refractivity contribution in [3.8, 4) is 17.2 Å². The van der Waals surface area contributed by atoms with Gasteiger partial charge in [0.1, 0.15) is 17.2 Å². The van der Waals surface area contributed by atoms with Gasteiger partial charge in [0.2, 0.25) is 0 Å². The van der Waals surface area contributed by atoms with Crippen molar-refractivity contribution in [2.45, 2.75) is 6.42 Å². The molecule has 0 fully saturated rings. The number of hydrogen-bond donors (Lipinski definition) is 0. The first-order chi connectivity index (χ1) is 12.1. The van der Waals surface area contributed by atoms with Gasteiger partial charge in [-0.3, -0.25) is 0 Å². The maximum Gasteiger partial charge on any atom is 0.309 e. The van der Waals surface area contributed by atoms with Crippen LogP contribution in [0.15, 0.2) is 84.9 Å². The third-order valence-corrected chi connectivity index (χ3v) is 4.64. The third kappa shape index (κ3) is 5.36. The Labute approximate surface area is 147 Å². The Balaban J connectivity index is 1.64. The van der Waals surface area contributed by atoms with Gasteiger partial charge in [0, 0.05) is 6.07 Å². The fourth-order valence-electron chi connectivity index (χ4n) is 2.29. The molecule has 0 spiro atoms. The predicted molar refractivity (Wildman–Crippen MR) is 97.5 cm³/mol. The van der Waals surface area contributed by atoms with Crippen LogP contribution in [0.3, 0.4) is 0 Å². The average molecular weight is 354 g/mol. The molecular weight excluding hydrogens is 336 g/mol. The number of rotatable bonds is 7. The zero-order valence-electron chi connectivity index (χ0n) is 13.5. The zero-order valence-corrected chi connectivity index (χ0v) is 14.4.